The zero-order chi connectivity index (χ0) is 30.1. The topological polar surface area (TPSA) is 79.7 Å². The number of para-hydroxylation sites is 4. The Bertz CT molecular complexity index is 2550. The van der Waals surface area contributed by atoms with Crippen molar-refractivity contribution in [2.45, 2.75) is 0 Å². The van der Waals surface area contributed by atoms with Gasteiger partial charge in [-0.3, -0.25) is 4.98 Å². The Kier molecular flexibility index (Phi) is 5.40. The van der Waals surface area contributed by atoms with Gasteiger partial charge in [-0.1, -0.05) is 72.8 Å². The van der Waals surface area contributed by atoms with Crippen molar-refractivity contribution in [1.82, 2.24) is 18.7 Å². The van der Waals surface area contributed by atoms with Crippen molar-refractivity contribution >= 4 is 55.1 Å². The van der Waals surface area contributed by atoms with Crippen LogP contribution in [0.4, 0.5) is 11.4 Å². The van der Waals surface area contributed by atoms with Crippen LogP contribution in [0.1, 0.15) is 0 Å². The van der Waals surface area contributed by atoms with Gasteiger partial charge in [0.2, 0.25) is 0 Å². The molecule has 4 N–H and O–H groups in total. The predicted octanol–water partition coefficient (Wildman–Crippen LogP) is 8.90. The van der Waals surface area contributed by atoms with Crippen molar-refractivity contribution in [2.75, 3.05) is 11.5 Å². The largest absolute Gasteiger partial charge is 0.396 e. The maximum absolute atomic E-state index is 7.12. The van der Waals surface area contributed by atoms with Crippen LogP contribution in [0.2, 0.25) is 0 Å². The standard InChI is InChI=1S/C39H28N6/c40-35-29-17-8-10-19-32(29)45(38(35)39-36(41)37-34(20-11-23-42-37)44(39)26-14-5-2-6-15-26)27-21-22-33-30(24-27)28-16-7-9-18-31(28)43(33)25-12-3-1-4-13-25/h1-24H,40-41H2. The molecule has 0 amide bonds. The maximum atomic E-state index is 7.12. The Balaban J connectivity index is 1.40. The van der Waals surface area contributed by atoms with Crippen molar-refractivity contribution in [2.24, 2.45) is 0 Å². The highest BCUT2D eigenvalue weighted by Crippen LogP contribution is 2.45. The van der Waals surface area contributed by atoms with E-state index in [1.807, 2.05) is 30.3 Å². The fourth-order valence-electron chi connectivity index (χ4n) is 6.94. The molecule has 4 heterocycles. The van der Waals surface area contributed by atoms with Gasteiger partial charge in [0.1, 0.15) is 5.52 Å². The lowest BCUT2D eigenvalue weighted by Gasteiger charge is -2.16. The lowest BCUT2D eigenvalue weighted by atomic mass is 10.1. The van der Waals surface area contributed by atoms with Crippen LogP contribution in [-0.2, 0) is 0 Å². The van der Waals surface area contributed by atoms with Gasteiger partial charge in [0.05, 0.1) is 44.8 Å². The molecular formula is C39H28N6. The quantitative estimate of drug-likeness (QED) is 0.218. The summed E-state index contributed by atoms with van der Waals surface area (Å²) >= 11 is 0. The second-order valence-corrected chi connectivity index (χ2v) is 11.3. The molecule has 0 spiro atoms. The second-order valence-electron chi connectivity index (χ2n) is 11.3. The van der Waals surface area contributed by atoms with E-state index in [4.69, 9.17) is 16.5 Å². The highest BCUT2D eigenvalue weighted by Gasteiger charge is 2.27. The summed E-state index contributed by atoms with van der Waals surface area (Å²) in [6.07, 6.45) is 1.78. The summed E-state index contributed by atoms with van der Waals surface area (Å²) in [5.41, 5.74) is 25.1. The van der Waals surface area contributed by atoms with Crippen molar-refractivity contribution in [3.8, 4) is 28.5 Å². The lowest BCUT2D eigenvalue weighted by Crippen LogP contribution is -2.05. The third-order valence-corrected chi connectivity index (χ3v) is 8.84. The fourth-order valence-corrected chi connectivity index (χ4v) is 6.94. The summed E-state index contributed by atoms with van der Waals surface area (Å²) < 4.78 is 6.76. The van der Waals surface area contributed by atoms with Crippen molar-refractivity contribution in [1.29, 1.82) is 0 Å². The minimum Gasteiger partial charge on any atom is -0.396 e. The molecule has 214 valence electrons. The molecule has 5 aromatic carbocycles. The molecule has 0 aliphatic carbocycles. The molecule has 0 radical (unpaired) electrons. The molecule has 0 fully saturated rings. The molecule has 45 heavy (non-hydrogen) atoms. The number of aromatic nitrogens is 4. The van der Waals surface area contributed by atoms with E-state index < -0.39 is 0 Å². The number of nitrogens with zero attached hydrogens (tertiary/aromatic N) is 4. The number of hydrogen-bond acceptors (Lipinski definition) is 3. The highest BCUT2D eigenvalue weighted by molar-refractivity contribution is 6.11. The van der Waals surface area contributed by atoms with Gasteiger partial charge < -0.3 is 25.2 Å². The highest BCUT2D eigenvalue weighted by atomic mass is 15.1. The zero-order valence-electron chi connectivity index (χ0n) is 24.3. The van der Waals surface area contributed by atoms with E-state index in [2.05, 4.69) is 123 Å². The number of pyridine rings is 1. The van der Waals surface area contributed by atoms with E-state index in [-0.39, 0.29) is 0 Å². The minimum atomic E-state index is 0.590. The molecule has 4 aromatic heterocycles. The molecule has 9 rings (SSSR count). The Labute approximate surface area is 259 Å². The molecule has 0 aliphatic rings. The van der Waals surface area contributed by atoms with Gasteiger partial charge in [0, 0.05) is 39.4 Å². The molecule has 6 nitrogen and oxygen atoms in total. The molecular weight excluding hydrogens is 552 g/mol. The monoisotopic (exact) mass is 580 g/mol. The van der Waals surface area contributed by atoms with Crippen molar-refractivity contribution in [3.05, 3.63) is 146 Å². The van der Waals surface area contributed by atoms with Gasteiger partial charge in [-0.05, 0) is 66.7 Å². The average molecular weight is 581 g/mol. The van der Waals surface area contributed by atoms with Crippen LogP contribution in [0.5, 0.6) is 0 Å². The van der Waals surface area contributed by atoms with Crippen LogP contribution in [-0.4, -0.2) is 18.7 Å². The molecule has 0 saturated carbocycles. The van der Waals surface area contributed by atoms with Crippen LogP contribution in [0.3, 0.4) is 0 Å². The Hall–Kier alpha value is -6.27. The van der Waals surface area contributed by atoms with Gasteiger partial charge in [0.25, 0.3) is 0 Å². The van der Waals surface area contributed by atoms with E-state index in [0.717, 1.165) is 66.8 Å². The number of anilines is 2. The third-order valence-electron chi connectivity index (χ3n) is 8.84. The summed E-state index contributed by atoms with van der Waals surface area (Å²) in [4.78, 5) is 4.71. The minimum absolute atomic E-state index is 0.590. The molecule has 6 heteroatoms. The van der Waals surface area contributed by atoms with Crippen LogP contribution < -0.4 is 11.5 Å². The van der Waals surface area contributed by atoms with Crippen LogP contribution in [0.15, 0.2) is 146 Å². The van der Waals surface area contributed by atoms with Crippen molar-refractivity contribution in [3.63, 3.8) is 0 Å². The first kappa shape index (κ1) is 25.2. The predicted molar refractivity (Wildman–Crippen MR) is 187 cm³/mol. The van der Waals surface area contributed by atoms with Gasteiger partial charge in [-0.15, -0.1) is 0 Å². The molecule has 0 unspecified atom stereocenters. The van der Waals surface area contributed by atoms with Crippen LogP contribution in [0.25, 0.3) is 72.2 Å². The summed E-state index contributed by atoms with van der Waals surface area (Å²) in [5, 5.41) is 3.32. The normalized spacial score (nSPS) is 11.7. The Morgan fingerprint density at radius 1 is 0.400 bits per heavy atom. The molecule has 0 saturated heterocycles. The average Bonchev–Trinajstić information content (AvgIpc) is 3.70. The molecule has 0 bridgehead atoms. The van der Waals surface area contributed by atoms with Gasteiger partial charge >= 0.3 is 0 Å². The third kappa shape index (κ3) is 3.60. The number of nitrogen functional groups attached to an aromatic ring is 2. The number of fused-ring (bicyclic) bond motifs is 5. The summed E-state index contributed by atoms with van der Waals surface area (Å²) in [6.45, 7) is 0. The molecule has 0 atom stereocenters. The fraction of sp³-hybridized carbons (Fsp3) is 0. The van der Waals surface area contributed by atoms with E-state index >= 15 is 0 Å². The second kappa shape index (κ2) is 9.62. The maximum Gasteiger partial charge on any atom is 0.112 e. The smallest absolute Gasteiger partial charge is 0.112 e. The zero-order valence-corrected chi connectivity index (χ0v) is 24.3. The first-order valence-electron chi connectivity index (χ1n) is 15.0. The van der Waals surface area contributed by atoms with Crippen LogP contribution in [0, 0.1) is 0 Å². The van der Waals surface area contributed by atoms with E-state index in [9.17, 15) is 0 Å². The van der Waals surface area contributed by atoms with Crippen LogP contribution >= 0.6 is 0 Å². The van der Waals surface area contributed by atoms with E-state index in [0.29, 0.717) is 11.4 Å². The van der Waals surface area contributed by atoms with Gasteiger partial charge in [-0.2, -0.15) is 0 Å². The van der Waals surface area contributed by atoms with E-state index in [1.54, 1.807) is 6.20 Å². The lowest BCUT2D eigenvalue weighted by molar-refractivity contribution is 1.07. The Morgan fingerprint density at radius 2 is 0.933 bits per heavy atom. The Morgan fingerprint density at radius 3 is 1.67 bits per heavy atom. The van der Waals surface area contributed by atoms with E-state index in [1.165, 1.54) is 5.39 Å². The first-order chi connectivity index (χ1) is 22.2. The summed E-state index contributed by atoms with van der Waals surface area (Å²) in [6, 6.07) is 48.3. The molecule has 0 aliphatic heterocycles. The molecule has 9 aromatic rings. The number of benzene rings is 5. The number of rotatable bonds is 4. The number of hydrogen-bond donors (Lipinski definition) is 2. The van der Waals surface area contributed by atoms with Gasteiger partial charge in [0.15, 0.2) is 0 Å². The summed E-state index contributed by atoms with van der Waals surface area (Å²) in [7, 11) is 0. The van der Waals surface area contributed by atoms with Gasteiger partial charge in [-0.25, -0.2) is 0 Å². The number of nitrogens with two attached hydrogens (primary N) is 2. The van der Waals surface area contributed by atoms with Crippen molar-refractivity contribution < 1.29 is 0 Å². The SMILES string of the molecule is Nc1c(-c2c(N)c3ncccc3n2-c2ccccc2)n(-c2ccc3c(c2)c2ccccc2n3-c2ccccc2)c2ccccc12. The summed E-state index contributed by atoms with van der Waals surface area (Å²) in [5.74, 6) is 0. The first-order valence-corrected chi connectivity index (χ1v) is 15.0.